The standard InChI is InChI=1S/C26H27N3O3/c1-32-22-12-10-18(11-13-22)15-25(30)29-14-4-7-21(17-29)24-9-3-8-23(28-24)19-5-2-6-20(16-19)26(27)31/h2-3,5-6,8-13,16,21H,4,7,14-15,17H2,1H3,(H2,27,31). The molecular formula is C26H27N3O3. The molecule has 2 N–H and O–H groups in total. The normalized spacial score (nSPS) is 15.9. The monoisotopic (exact) mass is 429 g/mol. The molecular weight excluding hydrogens is 402 g/mol. The number of amides is 2. The van der Waals surface area contributed by atoms with Gasteiger partial charge in [0.05, 0.1) is 19.2 Å². The Morgan fingerprint density at radius 2 is 1.88 bits per heavy atom. The van der Waals surface area contributed by atoms with E-state index in [-0.39, 0.29) is 11.8 Å². The van der Waals surface area contributed by atoms with Crippen molar-refractivity contribution in [3.63, 3.8) is 0 Å². The predicted molar refractivity (Wildman–Crippen MR) is 123 cm³/mol. The molecule has 1 fully saturated rings. The van der Waals surface area contributed by atoms with E-state index in [1.165, 1.54) is 0 Å². The summed E-state index contributed by atoms with van der Waals surface area (Å²) < 4.78 is 5.19. The maximum absolute atomic E-state index is 12.9. The van der Waals surface area contributed by atoms with Crippen LogP contribution in [0.3, 0.4) is 0 Å². The molecule has 0 aliphatic carbocycles. The zero-order chi connectivity index (χ0) is 22.5. The summed E-state index contributed by atoms with van der Waals surface area (Å²) >= 11 is 0. The molecule has 1 aliphatic heterocycles. The number of rotatable bonds is 6. The van der Waals surface area contributed by atoms with E-state index in [1.807, 2.05) is 59.5 Å². The molecule has 6 heteroatoms. The van der Waals surface area contributed by atoms with Gasteiger partial charge in [0.1, 0.15) is 5.75 Å². The number of hydrogen-bond donors (Lipinski definition) is 1. The summed E-state index contributed by atoms with van der Waals surface area (Å²) in [5.41, 5.74) is 9.48. The molecule has 0 radical (unpaired) electrons. The van der Waals surface area contributed by atoms with E-state index in [4.69, 9.17) is 15.5 Å². The van der Waals surface area contributed by atoms with Crippen LogP contribution in [0, 0.1) is 0 Å². The number of likely N-dealkylation sites (tertiary alicyclic amines) is 1. The third-order valence-electron chi connectivity index (χ3n) is 5.92. The van der Waals surface area contributed by atoms with Gasteiger partial charge in [-0.2, -0.15) is 0 Å². The maximum atomic E-state index is 12.9. The molecule has 1 unspecified atom stereocenters. The fourth-order valence-electron chi connectivity index (χ4n) is 4.15. The van der Waals surface area contributed by atoms with Crippen molar-refractivity contribution >= 4 is 11.8 Å². The third-order valence-corrected chi connectivity index (χ3v) is 5.92. The number of ether oxygens (including phenoxy) is 1. The zero-order valence-electron chi connectivity index (χ0n) is 18.2. The van der Waals surface area contributed by atoms with E-state index in [1.54, 1.807) is 19.2 Å². The Morgan fingerprint density at radius 3 is 2.62 bits per heavy atom. The number of methoxy groups -OCH3 is 1. The van der Waals surface area contributed by atoms with Crippen molar-refractivity contribution in [3.05, 3.63) is 83.6 Å². The molecule has 1 atom stereocenters. The van der Waals surface area contributed by atoms with Gasteiger partial charge in [0.2, 0.25) is 11.8 Å². The molecule has 0 spiro atoms. The van der Waals surface area contributed by atoms with Crippen LogP contribution in [-0.2, 0) is 11.2 Å². The highest BCUT2D eigenvalue weighted by molar-refractivity contribution is 5.94. The Morgan fingerprint density at radius 1 is 1.09 bits per heavy atom. The van der Waals surface area contributed by atoms with Crippen molar-refractivity contribution in [2.45, 2.75) is 25.2 Å². The van der Waals surface area contributed by atoms with Gasteiger partial charge in [0.25, 0.3) is 0 Å². The minimum Gasteiger partial charge on any atom is -0.497 e. The minimum atomic E-state index is -0.457. The smallest absolute Gasteiger partial charge is 0.248 e. The van der Waals surface area contributed by atoms with Crippen LogP contribution >= 0.6 is 0 Å². The summed E-state index contributed by atoms with van der Waals surface area (Å²) in [6.45, 7) is 1.43. The molecule has 1 aromatic heterocycles. The second-order valence-corrected chi connectivity index (χ2v) is 8.10. The number of benzene rings is 2. The van der Waals surface area contributed by atoms with Gasteiger partial charge in [0.15, 0.2) is 0 Å². The Balaban J connectivity index is 1.47. The molecule has 2 aromatic carbocycles. The predicted octanol–water partition coefficient (Wildman–Crippen LogP) is 3.80. The molecule has 0 saturated carbocycles. The number of nitrogens with two attached hydrogens (primary N) is 1. The molecule has 3 aromatic rings. The first-order valence-corrected chi connectivity index (χ1v) is 10.8. The fraction of sp³-hybridized carbons (Fsp3) is 0.269. The van der Waals surface area contributed by atoms with Gasteiger partial charge in [-0.25, -0.2) is 0 Å². The van der Waals surface area contributed by atoms with Gasteiger partial charge in [-0.1, -0.05) is 30.3 Å². The number of aromatic nitrogens is 1. The lowest BCUT2D eigenvalue weighted by molar-refractivity contribution is -0.131. The van der Waals surface area contributed by atoms with Crippen molar-refractivity contribution in [2.24, 2.45) is 5.73 Å². The van der Waals surface area contributed by atoms with Crippen LogP contribution in [0.2, 0.25) is 0 Å². The highest BCUT2D eigenvalue weighted by atomic mass is 16.5. The van der Waals surface area contributed by atoms with E-state index in [0.717, 1.165) is 47.7 Å². The summed E-state index contributed by atoms with van der Waals surface area (Å²) in [5.74, 6) is 0.640. The number of hydrogen-bond acceptors (Lipinski definition) is 4. The van der Waals surface area contributed by atoms with Crippen LogP contribution < -0.4 is 10.5 Å². The molecule has 1 aliphatic rings. The molecule has 2 amide bonds. The van der Waals surface area contributed by atoms with E-state index in [9.17, 15) is 9.59 Å². The topological polar surface area (TPSA) is 85.5 Å². The highest BCUT2D eigenvalue weighted by Gasteiger charge is 2.26. The van der Waals surface area contributed by atoms with Crippen LogP contribution in [0.15, 0.2) is 66.7 Å². The number of piperidine rings is 1. The Bertz CT molecular complexity index is 1110. The number of carbonyl (C=O) groups is 2. The van der Waals surface area contributed by atoms with Crippen molar-refractivity contribution in [2.75, 3.05) is 20.2 Å². The van der Waals surface area contributed by atoms with Crippen LogP contribution in [0.1, 0.15) is 40.4 Å². The van der Waals surface area contributed by atoms with Crippen LogP contribution in [0.25, 0.3) is 11.3 Å². The summed E-state index contributed by atoms with van der Waals surface area (Å²) in [4.78, 5) is 31.2. The molecule has 4 rings (SSSR count). The van der Waals surface area contributed by atoms with Crippen molar-refractivity contribution in [1.82, 2.24) is 9.88 Å². The van der Waals surface area contributed by atoms with Gasteiger partial charge in [-0.05, 0) is 54.8 Å². The minimum absolute atomic E-state index is 0.130. The van der Waals surface area contributed by atoms with Crippen molar-refractivity contribution < 1.29 is 14.3 Å². The third kappa shape index (κ3) is 4.97. The van der Waals surface area contributed by atoms with Gasteiger partial charge in [-0.3, -0.25) is 14.6 Å². The van der Waals surface area contributed by atoms with Gasteiger partial charge >= 0.3 is 0 Å². The summed E-state index contributed by atoms with van der Waals surface area (Å²) in [6.07, 6.45) is 2.32. The molecule has 32 heavy (non-hydrogen) atoms. The van der Waals surface area contributed by atoms with Crippen molar-refractivity contribution in [3.8, 4) is 17.0 Å². The van der Waals surface area contributed by atoms with Crippen LogP contribution in [-0.4, -0.2) is 41.9 Å². The molecule has 164 valence electrons. The number of pyridine rings is 1. The summed E-state index contributed by atoms with van der Waals surface area (Å²) in [5, 5.41) is 0. The Kier molecular flexibility index (Phi) is 6.50. The maximum Gasteiger partial charge on any atom is 0.248 e. The zero-order valence-corrected chi connectivity index (χ0v) is 18.2. The molecule has 1 saturated heterocycles. The number of carbonyl (C=O) groups excluding carboxylic acids is 2. The molecule has 0 bridgehead atoms. The van der Waals surface area contributed by atoms with Gasteiger partial charge < -0.3 is 15.4 Å². The van der Waals surface area contributed by atoms with Gasteiger partial charge in [0, 0.05) is 35.8 Å². The number of primary amides is 1. The van der Waals surface area contributed by atoms with E-state index >= 15 is 0 Å². The largest absolute Gasteiger partial charge is 0.497 e. The average molecular weight is 430 g/mol. The highest BCUT2D eigenvalue weighted by Crippen LogP contribution is 2.28. The van der Waals surface area contributed by atoms with E-state index in [0.29, 0.717) is 18.5 Å². The molecule has 2 heterocycles. The summed E-state index contributed by atoms with van der Waals surface area (Å²) in [7, 11) is 1.63. The Labute approximate surface area is 188 Å². The lowest BCUT2D eigenvalue weighted by Gasteiger charge is -2.32. The lowest BCUT2D eigenvalue weighted by atomic mass is 9.93. The average Bonchev–Trinajstić information content (AvgIpc) is 2.84. The molecule has 6 nitrogen and oxygen atoms in total. The number of nitrogens with zero attached hydrogens (tertiary/aromatic N) is 2. The first-order valence-electron chi connectivity index (χ1n) is 10.8. The quantitative estimate of drug-likeness (QED) is 0.646. The van der Waals surface area contributed by atoms with Crippen molar-refractivity contribution in [1.29, 1.82) is 0 Å². The fourth-order valence-corrected chi connectivity index (χ4v) is 4.15. The summed E-state index contributed by atoms with van der Waals surface area (Å²) in [6, 6.07) is 20.7. The van der Waals surface area contributed by atoms with E-state index < -0.39 is 5.91 Å². The second kappa shape index (κ2) is 9.64. The van der Waals surface area contributed by atoms with Crippen LogP contribution in [0.5, 0.6) is 5.75 Å². The second-order valence-electron chi connectivity index (χ2n) is 8.10. The van der Waals surface area contributed by atoms with E-state index in [2.05, 4.69) is 0 Å². The van der Waals surface area contributed by atoms with Crippen LogP contribution in [0.4, 0.5) is 0 Å². The first-order chi connectivity index (χ1) is 15.5. The van der Waals surface area contributed by atoms with Gasteiger partial charge in [-0.15, -0.1) is 0 Å². The lowest BCUT2D eigenvalue weighted by Crippen LogP contribution is -2.40. The first kappa shape index (κ1) is 21.6. The Hall–Kier alpha value is -3.67. The SMILES string of the molecule is COc1ccc(CC(=O)N2CCCC(c3cccc(-c4cccc(C(N)=O)c4)n3)C2)cc1.